The fraction of sp³-hybridized carbons (Fsp3) is 0.625. The molecule has 10 nitrogen and oxygen atoms in total. The predicted octanol–water partition coefficient (Wildman–Crippen LogP) is -4.28. The first kappa shape index (κ1) is 22.4. The molecule has 0 aliphatic carbocycles. The molecule has 1 atom stereocenters. The molecule has 3 N–H and O–H groups in total. The van der Waals surface area contributed by atoms with Gasteiger partial charge >= 0.3 is 69.3 Å². The summed E-state index contributed by atoms with van der Waals surface area (Å²) < 4.78 is 19.1. The van der Waals surface area contributed by atoms with E-state index < -0.39 is 44.2 Å². The number of carbonyl (C=O) groups is 3. The first-order valence-electron chi connectivity index (χ1n) is 4.88. The van der Waals surface area contributed by atoms with E-state index >= 15 is 0 Å². The number of carboxylic acids is 2. The van der Waals surface area contributed by atoms with Crippen molar-refractivity contribution < 1.29 is 99.6 Å². The molecule has 0 aliphatic rings. The smallest absolute Gasteiger partial charge is 0.756 e. The third-order valence-electron chi connectivity index (χ3n) is 1.81. The number of carbonyl (C=O) groups excluding carboxylic acids is 1. The van der Waals surface area contributed by atoms with Crippen LogP contribution in [0, 0.1) is 0 Å². The van der Waals surface area contributed by atoms with E-state index in [0.717, 1.165) is 0 Å². The van der Waals surface area contributed by atoms with Crippen LogP contribution < -0.4 is 56.3 Å². The maximum atomic E-state index is 11.6. The van der Waals surface area contributed by atoms with Crippen molar-refractivity contribution in [1.82, 2.24) is 0 Å². The SMILES string of the molecule is CCOC(=O)C(CC(=O)O)(CC(=O)O)OP(=O)([O-])O.[K+]. The van der Waals surface area contributed by atoms with Crippen molar-refractivity contribution in [3.05, 3.63) is 0 Å². The van der Waals surface area contributed by atoms with Gasteiger partial charge in [0.15, 0.2) is 5.60 Å². The Morgan fingerprint density at radius 2 is 1.60 bits per heavy atom. The molecule has 0 amide bonds. The van der Waals surface area contributed by atoms with Gasteiger partial charge in [-0.25, -0.2) is 4.79 Å². The first-order valence-corrected chi connectivity index (χ1v) is 6.37. The summed E-state index contributed by atoms with van der Waals surface area (Å²) in [6.07, 6.45) is -2.60. The number of phosphoric ester groups is 1. The first-order chi connectivity index (χ1) is 8.52. The minimum absolute atomic E-state index is 0. The Kier molecular flexibility index (Phi) is 10.4. The third kappa shape index (κ3) is 8.44. The standard InChI is InChI=1S/C8H13O10P.K/c1-2-17-7(13)8(3-5(9)10,4-6(11)12)18-19(14,15)16;/h2-4H2,1H3,(H,9,10)(H,11,12)(H2,14,15,16);/q;+1/p-1. The number of hydrogen-bond acceptors (Lipinski definition) is 7. The van der Waals surface area contributed by atoms with Crippen LogP contribution in [0.2, 0.25) is 0 Å². The molecule has 20 heavy (non-hydrogen) atoms. The van der Waals surface area contributed by atoms with Crippen molar-refractivity contribution in [3.8, 4) is 0 Å². The van der Waals surface area contributed by atoms with E-state index in [1.165, 1.54) is 6.92 Å². The molecule has 0 aromatic heterocycles. The van der Waals surface area contributed by atoms with Crippen LogP contribution in [-0.4, -0.2) is 45.2 Å². The quantitative estimate of drug-likeness (QED) is 0.223. The molecule has 0 spiro atoms. The van der Waals surface area contributed by atoms with E-state index in [1.54, 1.807) is 0 Å². The molecule has 0 aromatic carbocycles. The number of carboxylic acid groups (broad SMARTS) is 2. The van der Waals surface area contributed by atoms with E-state index in [1.807, 2.05) is 0 Å². The fourth-order valence-corrected chi connectivity index (χ4v) is 1.93. The molecule has 1 unspecified atom stereocenters. The topological polar surface area (TPSA) is 170 Å². The Bertz CT molecular complexity index is 399. The van der Waals surface area contributed by atoms with Gasteiger partial charge in [-0.05, 0) is 6.92 Å². The summed E-state index contributed by atoms with van der Waals surface area (Å²) >= 11 is 0. The normalized spacial score (nSPS) is 13.8. The van der Waals surface area contributed by atoms with E-state index in [4.69, 9.17) is 15.1 Å². The van der Waals surface area contributed by atoms with Crippen LogP contribution in [0.15, 0.2) is 0 Å². The summed E-state index contributed by atoms with van der Waals surface area (Å²) in [4.78, 5) is 52.1. The average molecular weight is 338 g/mol. The Morgan fingerprint density at radius 1 is 1.20 bits per heavy atom. The maximum absolute atomic E-state index is 11.6. The van der Waals surface area contributed by atoms with Crippen molar-refractivity contribution in [2.75, 3.05) is 6.61 Å². The average Bonchev–Trinajstić information content (AvgIpc) is 2.12. The Hall–Kier alpha value is 0.156. The van der Waals surface area contributed by atoms with Crippen molar-refractivity contribution in [3.63, 3.8) is 0 Å². The number of rotatable bonds is 8. The van der Waals surface area contributed by atoms with E-state index in [-0.39, 0.29) is 58.0 Å². The fourth-order valence-electron chi connectivity index (χ4n) is 1.28. The van der Waals surface area contributed by atoms with Crippen LogP contribution in [0.1, 0.15) is 19.8 Å². The van der Waals surface area contributed by atoms with Crippen molar-refractivity contribution >= 4 is 25.7 Å². The molecule has 0 aliphatic heterocycles. The van der Waals surface area contributed by atoms with Gasteiger partial charge in [-0.2, -0.15) is 0 Å². The van der Waals surface area contributed by atoms with Gasteiger partial charge in [0.25, 0.3) is 7.82 Å². The van der Waals surface area contributed by atoms with Gasteiger partial charge in [0, 0.05) is 0 Å². The van der Waals surface area contributed by atoms with E-state index in [0.29, 0.717) is 0 Å². The molecule has 0 aromatic rings. The van der Waals surface area contributed by atoms with Gasteiger partial charge in [0.05, 0.1) is 19.4 Å². The number of phosphoric acid groups is 1. The van der Waals surface area contributed by atoms with Gasteiger partial charge in [-0.3, -0.25) is 18.7 Å². The molecule has 0 saturated carbocycles. The number of hydrogen-bond donors (Lipinski definition) is 3. The summed E-state index contributed by atoms with van der Waals surface area (Å²) in [6.45, 7) is 1.07. The minimum atomic E-state index is -5.55. The number of ether oxygens (including phenoxy) is 1. The Labute approximate surface area is 156 Å². The molecule has 12 heteroatoms. The summed E-state index contributed by atoms with van der Waals surface area (Å²) in [5.74, 6) is -4.92. The molecular weight excluding hydrogens is 326 g/mol. The van der Waals surface area contributed by atoms with Gasteiger partial charge in [0.1, 0.15) is 0 Å². The van der Waals surface area contributed by atoms with Crippen LogP contribution in [0.4, 0.5) is 0 Å². The van der Waals surface area contributed by atoms with Gasteiger partial charge in [0.2, 0.25) is 0 Å². The minimum Gasteiger partial charge on any atom is -0.756 e. The molecule has 0 rings (SSSR count). The molecule has 0 fully saturated rings. The Morgan fingerprint density at radius 3 is 1.85 bits per heavy atom. The van der Waals surface area contributed by atoms with Crippen molar-refractivity contribution in [2.45, 2.75) is 25.4 Å². The van der Waals surface area contributed by atoms with E-state index in [9.17, 15) is 23.8 Å². The second-order valence-corrected chi connectivity index (χ2v) is 4.54. The van der Waals surface area contributed by atoms with Gasteiger partial charge in [-0.15, -0.1) is 0 Å². The zero-order chi connectivity index (χ0) is 15.3. The third-order valence-corrected chi connectivity index (χ3v) is 2.39. The largest absolute Gasteiger partial charge is 1.00 e. The Balaban J connectivity index is 0. The van der Waals surface area contributed by atoms with Gasteiger partial charge < -0.3 is 24.7 Å². The molecule has 0 bridgehead atoms. The molecule has 110 valence electrons. The zero-order valence-corrected chi connectivity index (χ0v) is 14.8. The predicted molar refractivity (Wildman–Crippen MR) is 54.8 cm³/mol. The van der Waals surface area contributed by atoms with Crippen LogP contribution in [-0.2, 0) is 28.2 Å². The maximum Gasteiger partial charge on any atom is 1.00 e. The summed E-state index contributed by atoms with van der Waals surface area (Å²) in [5.41, 5.74) is -2.85. The van der Waals surface area contributed by atoms with Crippen LogP contribution in [0.3, 0.4) is 0 Å². The molecule has 0 radical (unpaired) electrons. The van der Waals surface area contributed by atoms with E-state index in [2.05, 4.69) is 9.26 Å². The second kappa shape index (κ2) is 9.23. The monoisotopic (exact) mass is 338 g/mol. The molecular formula is C8H12KO10P. The zero-order valence-electron chi connectivity index (χ0n) is 10.8. The van der Waals surface area contributed by atoms with Crippen LogP contribution in [0.25, 0.3) is 0 Å². The number of esters is 1. The van der Waals surface area contributed by atoms with Crippen LogP contribution in [0.5, 0.6) is 0 Å². The van der Waals surface area contributed by atoms with Crippen LogP contribution >= 0.6 is 7.82 Å². The summed E-state index contributed by atoms with van der Waals surface area (Å²) in [5, 5.41) is 17.2. The van der Waals surface area contributed by atoms with Gasteiger partial charge in [-0.1, -0.05) is 0 Å². The molecule has 0 heterocycles. The number of aliphatic carboxylic acids is 2. The van der Waals surface area contributed by atoms with Crippen molar-refractivity contribution in [1.29, 1.82) is 0 Å². The molecule has 0 saturated heterocycles. The summed E-state index contributed by atoms with van der Waals surface area (Å²) in [6, 6.07) is 0. The summed E-state index contributed by atoms with van der Waals surface area (Å²) in [7, 11) is -5.55. The van der Waals surface area contributed by atoms with Crippen molar-refractivity contribution in [2.24, 2.45) is 0 Å². The second-order valence-electron chi connectivity index (χ2n) is 3.42.